The van der Waals surface area contributed by atoms with E-state index in [0.29, 0.717) is 28.3 Å². The van der Waals surface area contributed by atoms with Gasteiger partial charge >= 0.3 is 7.60 Å². The molecule has 8 heteroatoms. The number of methoxy groups -OCH3 is 2. The zero-order valence-corrected chi connectivity index (χ0v) is 14.6. The molecule has 1 aromatic heterocycles. The van der Waals surface area contributed by atoms with Crippen LogP contribution < -0.4 is 9.47 Å². The van der Waals surface area contributed by atoms with E-state index in [1.807, 2.05) is 6.07 Å². The predicted octanol–water partition coefficient (Wildman–Crippen LogP) is 2.99. The van der Waals surface area contributed by atoms with Crippen LogP contribution >= 0.6 is 7.60 Å². The van der Waals surface area contributed by atoms with Crippen LogP contribution in [0.4, 0.5) is 0 Å². The quantitative estimate of drug-likeness (QED) is 0.674. The van der Waals surface area contributed by atoms with E-state index in [4.69, 9.17) is 19.3 Å². The Hall–Kier alpha value is -2.47. The lowest BCUT2D eigenvalue weighted by Gasteiger charge is -2.11. The zero-order chi connectivity index (χ0) is 18.0. The van der Waals surface area contributed by atoms with Crippen molar-refractivity contribution in [3.8, 4) is 22.8 Å². The van der Waals surface area contributed by atoms with Gasteiger partial charge in [-0.3, -0.25) is 4.57 Å². The van der Waals surface area contributed by atoms with Gasteiger partial charge in [-0.05, 0) is 11.6 Å². The second kappa shape index (κ2) is 6.80. The predicted molar refractivity (Wildman–Crippen MR) is 93.8 cm³/mol. The molecule has 0 bridgehead atoms. The molecule has 130 valence electrons. The van der Waals surface area contributed by atoms with Crippen LogP contribution in [0.2, 0.25) is 0 Å². The summed E-state index contributed by atoms with van der Waals surface area (Å²) < 4.78 is 21.7. The van der Waals surface area contributed by atoms with Gasteiger partial charge in [-0.15, -0.1) is 0 Å². The zero-order valence-electron chi connectivity index (χ0n) is 13.7. The van der Waals surface area contributed by atoms with Crippen molar-refractivity contribution in [3.05, 3.63) is 48.3 Å². The Labute approximate surface area is 144 Å². The van der Waals surface area contributed by atoms with Crippen molar-refractivity contribution in [2.75, 3.05) is 14.2 Å². The Bertz CT molecular complexity index is 953. The fourth-order valence-electron chi connectivity index (χ4n) is 2.62. The van der Waals surface area contributed by atoms with Crippen molar-refractivity contribution >= 4 is 18.5 Å². The summed E-state index contributed by atoms with van der Waals surface area (Å²) in [4.78, 5) is 26.8. The fourth-order valence-corrected chi connectivity index (χ4v) is 3.31. The highest BCUT2D eigenvalue weighted by molar-refractivity contribution is 7.50. The lowest BCUT2D eigenvalue weighted by Crippen LogP contribution is -1.94. The van der Waals surface area contributed by atoms with E-state index < -0.39 is 7.60 Å². The lowest BCUT2D eigenvalue weighted by atomic mass is 10.0. The maximum atomic E-state index is 11.1. The summed E-state index contributed by atoms with van der Waals surface area (Å²) in [7, 11) is -0.969. The first kappa shape index (κ1) is 17.4. The standard InChI is InChI=1S/C17H17N2O5P/c1-23-15-7-13-14(8-16(15)24-2)18-10-19-17(13)12-5-3-11(4-6-12)9-25(20,21)22/h3-8,10H,9H2,1-2H3,(H2,20,21,22). The van der Waals surface area contributed by atoms with E-state index in [2.05, 4.69) is 9.97 Å². The number of hydrogen-bond donors (Lipinski definition) is 2. The van der Waals surface area contributed by atoms with E-state index >= 15 is 0 Å². The Morgan fingerprint density at radius 1 is 1.00 bits per heavy atom. The van der Waals surface area contributed by atoms with Crippen molar-refractivity contribution in [2.24, 2.45) is 0 Å². The molecule has 25 heavy (non-hydrogen) atoms. The van der Waals surface area contributed by atoms with Gasteiger partial charge in [0.1, 0.15) is 6.33 Å². The summed E-state index contributed by atoms with van der Waals surface area (Å²) in [6, 6.07) is 10.5. The molecule has 2 N–H and O–H groups in total. The largest absolute Gasteiger partial charge is 0.493 e. The van der Waals surface area contributed by atoms with Crippen LogP contribution in [-0.2, 0) is 10.7 Å². The smallest absolute Gasteiger partial charge is 0.329 e. The molecule has 1 heterocycles. The van der Waals surface area contributed by atoms with Crippen molar-refractivity contribution < 1.29 is 23.8 Å². The van der Waals surface area contributed by atoms with Crippen LogP contribution in [-0.4, -0.2) is 34.0 Å². The summed E-state index contributed by atoms with van der Waals surface area (Å²) in [5.74, 6) is 1.15. The van der Waals surface area contributed by atoms with Gasteiger partial charge in [0.15, 0.2) is 11.5 Å². The molecule has 0 radical (unpaired) electrons. The summed E-state index contributed by atoms with van der Waals surface area (Å²) in [5, 5.41) is 0.794. The molecular formula is C17H17N2O5P. The van der Waals surface area contributed by atoms with E-state index in [1.165, 1.54) is 6.33 Å². The molecule has 7 nitrogen and oxygen atoms in total. The third-order valence-electron chi connectivity index (χ3n) is 3.76. The molecule has 0 spiro atoms. The first-order valence-electron chi connectivity index (χ1n) is 7.42. The summed E-state index contributed by atoms with van der Waals surface area (Å²) in [6.07, 6.45) is 1.18. The number of hydrogen-bond acceptors (Lipinski definition) is 5. The number of fused-ring (bicyclic) bond motifs is 1. The number of ether oxygens (including phenoxy) is 2. The average Bonchev–Trinajstić information content (AvgIpc) is 2.59. The molecule has 0 aliphatic carbocycles. The fraction of sp³-hybridized carbons (Fsp3) is 0.176. The third-order valence-corrected chi connectivity index (χ3v) is 4.53. The monoisotopic (exact) mass is 360 g/mol. The molecule has 3 rings (SSSR count). The average molecular weight is 360 g/mol. The number of rotatable bonds is 5. The van der Waals surface area contributed by atoms with Gasteiger partial charge < -0.3 is 19.3 Å². The van der Waals surface area contributed by atoms with Crippen molar-refractivity contribution in [1.82, 2.24) is 9.97 Å². The van der Waals surface area contributed by atoms with Gasteiger partial charge in [-0.2, -0.15) is 0 Å². The third kappa shape index (κ3) is 3.79. The first-order chi connectivity index (χ1) is 11.9. The molecule has 0 saturated heterocycles. The van der Waals surface area contributed by atoms with Gasteiger partial charge in [-0.1, -0.05) is 24.3 Å². The van der Waals surface area contributed by atoms with Gasteiger partial charge in [0.25, 0.3) is 0 Å². The van der Waals surface area contributed by atoms with E-state index in [-0.39, 0.29) is 6.16 Å². The van der Waals surface area contributed by atoms with Gasteiger partial charge in [0.05, 0.1) is 31.6 Å². The highest BCUT2D eigenvalue weighted by Crippen LogP contribution is 2.40. The summed E-state index contributed by atoms with van der Waals surface area (Å²) in [6.45, 7) is 0. The van der Waals surface area contributed by atoms with Crippen LogP contribution in [0.3, 0.4) is 0 Å². The minimum Gasteiger partial charge on any atom is -0.493 e. The first-order valence-corrected chi connectivity index (χ1v) is 9.21. The van der Waals surface area contributed by atoms with Crippen molar-refractivity contribution in [1.29, 1.82) is 0 Å². The lowest BCUT2D eigenvalue weighted by molar-refractivity contribution is 0.356. The Morgan fingerprint density at radius 2 is 1.64 bits per heavy atom. The van der Waals surface area contributed by atoms with E-state index in [0.717, 1.165) is 10.9 Å². The molecular weight excluding hydrogens is 343 g/mol. The van der Waals surface area contributed by atoms with Crippen LogP contribution in [0.25, 0.3) is 22.2 Å². The van der Waals surface area contributed by atoms with Crippen LogP contribution in [0.1, 0.15) is 5.56 Å². The topological polar surface area (TPSA) is 102 Å². The molecule has 0 atom stereocenters. The highest BCUT2D eigenvalue weighted by atomic mass is 31.2. The number of benzene rings is 2. The molecule has 2 aromatic carbocycles. The minimum atomic E-state index is -4.09. The maximum absolute atomic E-state index is 11.1. The summed E-state index contributed by atoms with van der Waals surface area (Å²) in [5.41, 5.74) is 2.79. The van der Waals surface area contributed by atoms with Crippen LogP contribution in [0.15, 0.2) is 42.7 Å². The molecule has 0 fully saturated rings. The Morgan fingerprint density at radius 3 is 2.24 bits per heavy atom. The maximum Gasteiger partial charge on any atom is 0.329 e. The van der Waals surface area contributed by atoms with Gasteiger partial charge in [0, 0.05) is 17.0 Å². The van der Waals surface area contributed by atoms with Crippen molar-refractivity contribution in [3.63, 3.8) is 0 Å². The van der Waals surface area contributed by atoms with Crippen LogP contribution in [0, 0.1) is 0 Å². The van der Waals surface area contributed by atoms with Crippen LogP contribution in [0.5, 0.6) is 11.5 Å². The SMILES string of the molecule is COc1cc2ncnc(-c3ccc(CP(=O)(O)O)cc3)c2cc1OC. The molecule has 3 aromatic rings. The van der Waals surface area contributed by atoms with E-state index in [9.17, 15) is 4.57 Å². The molecule has 0 aliphatic heterocycles. The second-order valence-electron chi connectivity index (χ2n) is 5.47. The minimum absolute atomic E-state index is 0.289. The molecule has 0 amide bonds. The number of nitrogens with zero attached hydrogens (tertiary/aromatic N) is 2. The molecule has 0 unspecified atom stereocenters. The van der Waals surface area contributed by atoms with Crippen molar-refractivity contribution in [2.45, 2.75) is 6.16 Å². The van der Waals surface area contributed by atoms with Gasteiger partial charge in [0.2, 0.25) is 0 Å². The van der Waals surface area contributed by atoms with Gasteiger partial charge in [-0.25, -0.2) is 9.97 Å². The Balaban J connectivity index is 2.07. The number of aromatic nitrogens is 2. The van der Waals surface area contributed by atoms with E-state index in [1.54, 1.807) is 44.6 Å². The molecule has 0 aliphatic rings. The second-order valence-corrected chi connectivity index (χ2v) is 7.11. The normalized spacial score (nSPS) is 11.5. The highest BCUT2D eigenvalue weighted by Gasteiger charge is 2.15. The molecule has 0 saturated carbocycles. The Kier molecular flexibility index (Phi) is 4.72. The summed E-state index contributed by atoms with van der Waals surface area (Å²) >= 11 is 0.